The van der Waals surface area contributed by atoms with Gasteiger partial charge in [-0.1, -0.05) is 35.9 Å². The van der Waals surface area contributed by atoms with E-state index in [1.165, 1.54) is 6.07 Å². The van der Waals surface area contributed by atoms with Crippen LogP contribution in [0.4, 0.5) is 4.39 Å². The Kier molecular flexibility index (Phi) is 5.32. The summed E-state index contributed by atoms with van der Waals surface area (Å²) >= 11 is 0. The van der Waals surface area contributed by atoms with Gasteiger partial charge in [0.1, 0.15) is 11.6 Å². The lowest BCUT2D eigenvalue weighted by molar-refractivity contribution is 0.112. The van der Waals surface area contributed by atoms with E-state index >= 15 is 0 Å². The average molecular weight is 399 g/mol. The van der Waals surface area contributed by atoms with E-state index in [0.29, 0.717) is 27.9 Å². The van der Waals surface area contributed by atoms with E-state index in [1.54, 1.807) is 12.1 Å². The van der Waals surface area contributed by atoms with E-state index in [0.717, 1.165) is 28.5 Å². The maximum atomic E-state index is 15.0. The molecule has 0 spiro atoms. The van der Waals surface area contributed by atoms with Gasteiger partial charge in [-0.2, -0.15) is 0 Å². The van der Waals surface area contributed by atoms with Crippen molar-refractivity contribution in [3.05, 3.63) is 83.7 Å². The molecule has 4 heteroatoms. The van der Waals surface area contributed by atoms with Crippen LogP contribution in [0.2, 0.25) is 0 Å². The van der Waals surface area contributed by atoms with Gasteiger partial charge in [-0.3, -0.25) is 4.79 Å². The highest BCUT2D eigenvalue weighted by molar-refractivity contribution is 5.98. The van der Waals surface area contributed by atoms with Crippen molar-refractivity contribution in [1.29, 1.82) is 0 Å². The van der Waals surface area contributed by atoms with Crippen molar-refractivity contribution in [2.45, 2.75) is 26.9 Å². The lowest BCUT2D eigenvalue weighted by Crippen LogP contribution is -2.05. The normalized spacial score (nSPS) is 11.1. The molecule has 0 aliphatic carbocycles. The molecule has 30 heavy (non-hydrogen) atoms. The fourth-order valence-corrected chi connectivity index (χ4v) is 3.50. The first-order chi connectivity index (χ1) is 14.4. The third kappa shape index (κ3) is 3.94. The van der Waals surface area contributed by atoms with Crippen LogP contribution < -0.4 is 4.74 Å². The zero-order chi connectivity index (χ0) is 21.3. The van der Waals surface area contributed by atoms with Gasteiger partial charge in [-0.25, -0.2) is 9.37 Å². The van der Waals surface area contributed by atoms with Crippen LogP contribution in [0.5, 0.6) is 5.75 Å². The summed E-state index contributed by atoms with van der Waals surface area (Å²) in [4.78, 5) is 16.2. The van der Waals surface area contributed by atoms with E-state index in [-0.39, 0.29) is 11.9 Å². The molecule has 1 aromatic heterocycles. The molecule has 4 rings (SSSR count). The largest absolute Gasteiger partial charge is 0.491 e. The first-order valence-corrected chi connectivity index (χ1v) is 9.88. The Balaban J connectivity index is 1.71. The van der Waals surface area contributed by atoms with Gasteiger partial charge in [-0.15, -0.1) is 0 Å². The van der Waals surface area contributed by atoms with Crippen LogP contribution in [0.25, 0.3) is 33.3 Å². The van der Waals surface area contributed by atoms with Crippen molar-refractivity contribution in [3.63, 3.8) is 0 Å². The first kappa shape index (κ1) is 19.8. The third-order valence-electron chi connectivity index (χ3n) is 4.93. The second kappa shape index (κ2) is 8.07. The molecule has 3 nitrogen and oxygen atoms in total. The van der Waals surface area contributed by atoms with Crippen LogP contribution in [-0.2, 0) is 0 Å². The molecule has 0 saturated carbocycles. The van der Waals surface area contributed by atoms with E-state index in [1.807, 2.05) is 69.3 Å². The van der Waals surface area contributed by atoms with Crippen molar-refractivity contribution in [3.8, 4) is 28.1 Å². The van der Waals surface area contributed by atoms with E-state index in [2.05, 4.69) is 4.98 Å². The van der Waals surface area contributed by atoms with Gasteiger partial charge in [0.15, 0.2) is 6.29 Å². The molecule has 3 aromatic carbocycles. The van der Waals surface area contributed by atoms with Crippen LogP contribution in [-0.4, -0.2) is 17.4 Å². The number of aromatic nitrogens is 1. The number of aryl methyl sites for hydroxylation is 1. The number of aldehydes is 1. The number of carbonyl (C=O) groups excluding carboxylic acids is 1. The van der Waals surface area contributed by atoms with Gasteiger partial charge in [-0.05, 0) is 62.7 Å². The standard InChI is InChI=1S/C26H22FNO2/c1-16(2)30-21-8-5-18(6-9-21)22-10-7-19(13-24(22)27)26-14-20(15-29)23-12-17(3)4-11-25(23)28-26/h4-16H,1-3H3. The molecule has 0 unspecified atom stereocenters. The van der Waals surface area contributed by atoms with Crippen LogP contribution in [0, 0.1) is 12.7 Å². The highest BCUT2D eigenvalue weighted by Crippen LogP contribution is 2.30. The van der Waals surface area contributed by atoms with E-state index in [9.17, 15) is 9.18 Å². The summed E-state index contributed by atoms with van der Waals surface area (Å²) in [6.07, 6.45) is 0.903. The van der Waals surface area contributed by atoms with Crippen LogP contribution >= 0.6 is 0 Å². The number of halogens is 1. The number of ether oxygens (including phenoxy) is 1. The number of pyridine rings is 1. The summed E-state index contributed by atoms with van der Waals surface area (Å²) in [5.41, 5.74) is 4.78. The zero-order valence-corrected chi connectivity index (χ0v) is 17.1. The molecule has 0 radical (unpaired) electrons. The average Bonchev–Trinajstić information content (AvgIpc) is 2.73. The van der Waals surface area contributed by atoms with E-state index in [4.69, 9.17) is 4.74 Å². The molecule has 4 aromatic rings. The van der Waals surface area contributed by atoms with Gasteiger partial charge in [0.25, 0.3) is 0 Å². The minimum Gasteiger partial charge on any atom is -0.491 e. The van der Waals surface area contributed by atoms with Crippen LogP contribution in [0.15, 0.2) is 66.7 Å². The summed E-state index contributed by atoms with van der Waals surface area (Å²) in [7, 11) is 0. The summed E-state index contributed by atoms with van der Waals surface area (Å²) in [5.74, 6) is 0.409. The third-order valence-corrected chi connectivity index (χ3v) is 4.93. The van der Waals surface area contributed by atoms with E-state index < -0.39 is 0 Å². The monoisotopic (exact) mass is 399 g/mol. The molecule has 1 heterocycles. The first-order valence-electron chi connectivity index (χ1n) is 9.88. The molecular weight excluding hydrogens is 377 g/mol. The van der Waals surface area contributed by atoms with Crippen molar-refractivity contribution in [2.24, 2.45) is 0 Å². The smallest absolute Gasteiger partial charge is 0.150 e. The van der Waals surface area contributed by atoms with Gasteiger partial charge < -0.3 is 4.74 Å². The topological polar surface area (TPSA) is 39.2 Å². The molecule has 0 aliphatic heterocycles. The molecule has 0 N–H and O–H groups in total. The summed E-state index contributed by atoms with van der Waals surface area (Å²) in [5, 5.41) is 0.801. The second-order valence-corrected chi connectivity index (χ2v) is 7.62. The van der Waals surface area contributed by atoms with Gasteiger partial charge >= 0.3 is 0 Å². The number of hydrogen-bond donors (Lipinski definition) is 0. The number of carbonyl (C=O) groups is 1. The molecular formula is C26H22FNO2. The Hall–Kier alpha value is -3.53. The number of nitrogens with zero attached hydrogens (tertiary/aromatic N) is 1. The zero-order valence-electron chi connectivity index (χ0n) is 17.1. The fourth-order valence-electron chi connectivity index (χ4n) is 3.50. The van der Waals surface area contributed by atoms with Crippen molar-refractivity contribution < 1.29 is 13.9 Å². The lowest BCUT2D eigenvalue weighted by atomic mass is 10.00. The number of hydrogen-bond acceptors (Lipinski definition) is 3. The molecule has 0 atom stereocenters. The highest BCUT2D eigenvalue weighted by atomic mass is 19.1. The predicted octanol–water partition coefficient (Wildman–Crippen LogP) is 6.62. The Bertz CT molecular complexity index is 1230. The molecule has 150 valence electrons. The molecule has 0 fully saturated rings. The molecule has 0 saturated heterocycles. The van der Waals surface area contributed by atoms with Gasteiger partial charge in [0.2, 0.25) is 0 Å². The Labute approximate surface area is 175 Å². The lowest BCUT2D eigenvalue weighted by Gasteiger charge is -2.11. The molecule has 0 amide bonds. The summed E-state index contributed by atoms with van der Waals surface area (Å²) in [6.45, 7) is 5.90. The minimum atomic E-state index is -0.344. The van der Waals surface area contributed by atoms with Crippen molar-refractivity contribution in [2.75, 3.05) is 0 Å². The SMILES string of the molecule is Cc1ccc2nc(-c3ccc(-c4ccc(OC(C)C)cc4)c(F)c3)cc(C=O)c2c1. The number of benzene rings is 3. The Morgan fingerprint density at radius 1 is 0.933 bits per heavy atom. The van der Waals surface area contributed by atoms with Crippen molar-refractivity contribution in [1.82, 2.24) is 4.98 Å². The maximum absolute atomic E-state index is 15.0. The second-order valence-electron chi connectivity index (χ2n) is 7.62. The van der Waals surface area contributed by atoms with Crippen molar-refractivity contribution >= 4 is 17.2 Å². The maximum Gasteiger partial charge on any atom is 0.150 e. The number of rotatable bonds is 5. The minimum absolute atomic E-state index is 0.0847. The quantitative estimate of drug-likeness (QED) is 0.354. The summed E-state index contributed by atoms with van der Waals surface area (Å²) < 4.78 is 20.6. The Morgan fingerprint density at radius 2 is 1.67 bits per heavy atom. The number of fused-ring (bicyclic) bond motifs is 1. The highest BCUT2D eigenvalue weighted by Gasteiger charge is 2.12. The fraction of sp³-hybridized carbons (Fsp3) is 0.154. The van der Waals surface area contributed by atoms with Gasteiger partial charge in [0, 0.05) is 22.1 Å². The Morgan fingerprint density at radius 3 is 2.33 bits per heavy atom. The van der Waals surface area contributed by atoms with Gasteiger partial charge in [0.05, 0.1) is 17.3 Å². The molecule has 0 bridgehead atoms. The van der Waals surface area contributed by atoms with Crippen LogP contribution in [0.3, 0.4) is 0 Å². The molecule has 0 aliphatic rings. The summed E-state index contributed by atoms with van der Waals surface area (Å²) in [6, 6.07) is 19.9. The van der Waals surface area contributed by atoms with Crippen LogP contribution in [0.1, 0.15) is 29.8 Å². The predicted molar refractivity (Wildman–Crippen MR) is 118 cm³/mol.